The summed E-state index contributed by atoms with van der Waals surface area (Å²) in [6.45, 7) is 11.0. The van der Waals surface area contributed by atoms with E-state index in [2.05, 4.69) is 4.90 Å². The average molecular weight is 695 g/mol. The minimum absolute atomic E-state index is 0.0180. The summed E-state index contributed by atoms with van der Waals surface area (Å²) < 4.78 is 17.8. The van der Waals surface area contributed by atoms with Crippen molar-refractivity contribution >= 4 is 23.3 Å². The first-order chi connectivity index (χ1) is 23.5. The van der Waals surface area contributed by atoms with Gasteiger partial charge in [-0.05, 0) is 25.3 Å². The Morgan fingerprint density at radius 2 is 1.68 bits per heavy atom. The van der Waals surface area contributed by atoms with Crippen molar-refractivity contribution in [1.82, 2.24) is 9.80 Å². The van der Waals surface area contributed by atoms with Crippen LogP contribution in [0.25, 0.3) is 0 Å². The Labute approximate surface area is 290 Å². The normalized spacial score (nSPS) is 28.5. The first-order valence-corrected chi connectivity index (χ1v) is 17.1. The first-order valence-electron chi connectivity index (χ1n) is 17.1. The van der Waals surface area contributed by atoms with E-state index in [-0.39, 0.29) is 52.2 Å². The van der Waals surface area contributed by atoms with Crippen molar-refractivity contribution in [3.8, 4) is 17.2 Å². The molecular formula is C37H46N2O11. The minimum atomic E-state index is -2.03. The second kappa shape index (κ2) is 13.0. The number of hydrogen-bond acceptors (Lipinski definition) is 12. The molecule has 13 heteroatoms. The van der Waals surface area contributed by atoms with E-state index in [4.69, 9.17) is 14.2 Å². The van der Waals surface area contributed by atoms with Crippen molar-refractivity contribution in [1.29, 1.82) is 0 Å². The third kappa shape index (κ3) is 6.19. The number of fused-ring (bicyclic) bond motifs is 3. The molecule has 2 aliphatic heterocycles. The van der Waals surface area contributed by atoms with Gasteiger partial charge in [-0.3, -0.25) is 24.1 Å². The van der Waals surface area contributed by atoms with Crippen LogP contribution in [0, 0.1) is 5.41 Å². The van der Waals surface area contributed by atoms with Gasteiger partial charge in [-0.15, -0.1) is 0 Å². The molecule has 0 saturated carbocycles. The summed E-state index contributed by atoms with van der Waals surface area (Å²) in [7, 11) is 1.35. The predicted octanol–water partition coefficient (Wildman–Crippen LogP) is 2.65. The average Bonchev–Trinajstić information content (AvgIpc) is 3.05. The van der Waals surface area contributed by atoms with Crippen molar-refractivity contribution in [2.24, 2.45) is 5.41 Å². The number of ether oxygens (including phenoxy) is 3. The van der Waals surface area contributed by atoms with Gasteiger partial charge in [0, 0.05) is 74.6 Å². The van der Waals surface area contributed by atoms with E-state index in [1.165, 1.54) is 32.2 Å². The number of rotatable bonds is 6. The molecule has 50 heavy (non-hydrogen) atoms. The standard InChI is InChI=1S/C37H46N2O11/c1-18-31(42)22(38-10-12-39(13-11-38)25(41)17-36(3,4)5)14-26(49-18)50-24-16-37(47,19(2)40)15-21-28(24)35(46)30-29(33(21)44)32(43)20-8-7-9-23(48-6)27(20)34(30)45/h7-9,18,22,24,26,31,42,44,46-47H,10-17H2,1-6H3/t18-,22?,24-,26-,31+,37-/m0/s1. The zero-order valence-corrected chi connectivity index (χ0v) is 29.3. The number of carbonyl (C=O) groups is 4. The maximum absolute atomic E-state index is 13.9. The van der Waals surface area contributed by atoms with Crippen molar-refractivity contribution in [2.45, 2.75) is 96.5 Å². The molecule has 0 aromatic heterocycles. The van der Waals surface area contributed by atoms with Gasteiger partial charge in [0.2, 0.25) is 11.7 Å². The molecule has 2 aliphatic carbocycles. The van der Waals surface area contributed by atoms with E-state index >= 15 is 0 Å². The summed E-state index contributed by atoms with van der Waals surface area (Å²) in [5.74, 6) is -3.10. The van der Waals surface area contributed by atoms with Crippen LogP contribution in [0.2, 0.25) is 0 Å². The lowest BCUT2D eigenvalue weighted by atomic mass is 9.72. The molecule has 2 aromatic rings. The zero-order valence-electron chi connectivity index (χ0n) is 29.3. The van der Waals surface area contributed by atoms with Gasteiger partial charge in [0.05, 0.1) is 42.1 Å². The van der Waals surface area contributed by atoms with E-state index in [1.54, 1.807) is 6.92 Å². The summed E-state index contributed by atoms with van der Waals surface area (Å²) in [4.78, 5) is 57.3. The van der Waals surface area contributed by atoms with Crippen molar-refractivity contribution in [3.63, 3.8) is 0 Å². The number of amides is 1. The molecule has 2 saturated heterocycles. The fourth-order valence-electron chi connectivity index (χ4n) is 7.83. The summed E-state index contributed by atoms with van der Waals surface area (Å²) in [5, 5.41) is 46.1. The summed E-state index contributed by atoms with van der Waals surface area (Å²) >= 11 is 0. The smallest absolute Gasteiger partial charge is 0.223 e. The molecule has 2 heterocycles. The number of carbonyl (C=O) groups excluding carboxylic acids is 4. The number of piperazine rings is 1. The Morgan fingerprint density at radius 1 is 1.02 bits per heavy atom. The van der Waals surface area contributed by atoms with Crippen molar-refractivity contribution in [3.05, 3.63) is 51.6 Å². The van der Waals surface area contributed by atoms with E-state index in [9.17, 15) is 39.6 Å². The van der Waals surface area contributed by atoms with Crippen molar-refractivity contribution in [2.75, 3.05) is 33.3 Å². The summed E-state index contributed by atoms with van der Waals surface area (Å²) in [6, 6.07) is 4.04. The number of Topliss-reactive ketones (excluding diaryl/α,β-unsaturated/α-hetero) is 1. The van der Waals surface area contributed by atoms with E-state index < -0.39 is 82.6 Å². The number of aromatic hydroxyl groups is 2. The Bertz CT molecular complexity index is 1740. The molecular weight excluding hydrogens is 648 g/mol. The van der Waals surface area contributed by atoms with Crippen LogP contribution in [0.1, 0.15) is 103 Å². The van der Waals surface area contributed by atoms with Gasteiger partial charge in [0.25, 0.3) is 0 Å². The topological polar surface area (TPSA) is 183 Å². The van der Waals surface area contributed by atoms with E-state index in [0.717, 1.165) is 0 Å². The Kier molecular flexibility index (Phi) is 9.36. The minimum Gasteiger partial charge on any atom is -0.507 e. The molecule has 6 atom stereocenters. The van der Waals surface area contributed by atoms with Crippen LogP contribution in [0.5, 0.6) is 17.2 Å². The first kappa shape index (κ1) is 35.9. The number of ketones is 3. The largest absolute Gasteiger partial charge is 0.507 e. The highest BCUT2D eigenvalue weighted by Gasteiger charge is 2.50. The van der Waals surface area contributed by atoms with Crippen molar-refractivity contribution < 1.29 is 53.8 Å². The number of hydrogen-bond donors (Lipinski definition) is 4. The van der Waals surface area contributed by atoms with Gasteiger partial charge in [-0.25, -0.2) is 0 Å². The Morgan fingerprint density at radius 3 is 2.30 bits per heavy atom. The van der Waals surface area contributed by atoms with Gasteiger partial charge in [-0.2, -0.15) is 0 Å². The molecule has 6 rings (SSSR count). The van der Waals surface area contributed by atoms with Crippen LogP contribution in [-0.2, 0) is 25.5 Å². The van der Waals surface area contributed by atoms with Crippen LogP contribution >= 0.6 is 0 Å². The molecule has 270 valence electrons. The van der Waals surface area contributed by atoms with Gasteiger partial charge in [0.1, 0.15) is 22.8 Å². The zero-order chi connectivity index (χ0) is 36.4. The molecule has 2 aromatic carbocycles. The molecule has 4 N–H and O–H groups in total. The number of aliphatic hydroxyl groups is 2. The highest BCUT2D eigenvalue weighted by Crippen LogP contribution is 2.52. The number of phenols is 2. The molecule has 0 spiro atoms. The van der Waals surface area contributed by atoms with E-state index in [1.807, 2.05) is 25.7 Å². The van der Waals surface area contributed by atoms with Crippen LogP contribution in [0.3, 0.4) is 0 Å². The molecule has 0 bridgehead atoms. The summed E-state index contributed by atoms with van der Waals surface area (Å²) in [5.41, 5.74) is -3.21. The van der Waals surface area contributed by atoms with Gasteiger partial charge >= 0.3 is 0 Å². The Balaban J connectivity index is 1.32. The lowest BCUT2D eigenvalue weighted by Crippen LogP contribution is -2.60. The van der Waals surface area contributed by atoms with Gasteiger partial charge in [0.15, 0.2) is 17.9 Å². The monoisotopic (exact) mass is 694 g/mol. The van der Waals surface area contributed by atoms with Crippen LogP contribution < -0.4 is 4.74 Å². The summed E-state index contributed by atoms with van der Waals surface area (Å²) in [6.07, 6.45) is -4.00. The fraction of sp³-hybridized carbons (Fsp3) is 0.568. The molecule has 1 unspecified atom stereocenters. The molecule has 13 nitrogen and oxygen atoms in total. The fourth-order valence-corrected chi connectivity index (χ4v) is 7.83. The lowest BCUT2D eigenvalue weighted by Gasteiger charge is -2.47. The van der Waals surface area contributed by atoms with Gasteiger partial charge in [-0.1, -0.05) is 32.9 Å². The van der Waals surface area contributed by atoms with Gasteiger partial charge < -0.3 is 39.5 Å². The highest BCUT2D eigenvalue weighted by atomic mass is 16.7. The number of nitrogens with zero attached hydrogens (tertiary/aromatic N) is 2. The maximum atomic E-state index is 13.9. The van der Waals surface area contributed by atoms with Crippen LogP contribution in [-0.4, -0.2) is 117 Å². The highest BCUT2D eigenvalue weighted by molar-refractivity contribution is 6.31. The third-order valence-electron chi connectivity index (χ3n) is 10.5. The SMILES string of the molecule is COc1cccc2c1C(=O)c1c(O)c3c(c(O)c1C2=O)C[C@@](O)(C(C)=O)C[C@@H]3O[C@H]1CC(N2CCN(C(=O)CC(C)(C)C)CC2)[C@H](O)[C@H](C)O1. The molecule has 0 radical (unpaired) electrons. The number of aliphatic hydroxyl groups excluding tert-OH is 1. The third-order valence-corrected chi connectivity index (χ3v) is 10.5. The maximum Gasteiger partial charge on any atom is 0.223 e. The second-order valence-electron chi connectivity index (χ2n) is 15.2. The van der Waals surface area contributed by atoms with Crippen LogP contribution in [0.4, 0.5) is 0 Å². The number of benzene rings is 2. The quantitative estimate of drug-likeness (QED) is 0.277. The number of methoxy groups -OCH3 is 1. The molecule has 2 fully saturated rings. The Hall–Kier alpha value is -3.88. The lowest BCUT2D eigenvalue weighted by molar-refractivity contribution is -0.259. The molecule has 4 aliphatic rings. The second-order valence-corrected chi connectivity index (χ2v) is 15.2. The van der Waals surface area contributed by atoms with E-state index in [0.29, 0.717) is 32.6 Å². The number of phenolic OH excluding ortho intramolecular Hbond substituents is 2. The van der Waals surface area contributed by atoms with Crippen LogP contribution in [0.15, 0.2) is 18.2 Å². The predicted molar refractivity (Wildman–Crippen MR) is 178 cm³/mol. The molecule has 1 amide bonds.